The van der Waals surface area contributed by atoms with Crippen molar-refractivity contribution < 1.29 is 45.4 Å². The number of hydrogen-bond donors (Lipinski definition) is 2. The van der Waals surface area contributed by atoms with E-state index in [0.717, 1.165) is 0 Å². The minimum absolute atomic E-state index is 0.470. The van der Waals surface area contributed by atoms with Crippen molar-refractivity contribution in [3.05, 3.63) is 57.2 Å². The minimum Gasteiger partial charge on any atom is -0.458 e. The molecule has 2 aromatic carbocycles. The van der Waals surface area contributed by atoms with E-state index in [1.807, 2.05) is 0 Å². The summed E-state index contributed by atoms with van der Waals surface area (Å²) in [6.07, 6.45) is 0. The lowest BCUT2D eigenvalue weighted by Gasteiger charge is -2.17. The number of rotatable bonds is 7. The van der Waals surface area contributed by atoms with Crippen LogP contribution in [0.4, 0.5) is 32.0 Å². The maximum absolute atomic E-state index is 14.4. The molecule has 0 bridgehead atoms. The molecule has 0 spiro atoms. The number of carbonyl (C=O) groups is 2. The van der Waals surface area contributed by atoms with Crippen molar-refractivity contribution in [1.82, 2.24) is 0 Å². The van der Waals surface area contributed by atoms with Crippen LogP contribution in [0.25, 0.3) is 0 Å². The fourth-order valence-corrected chi connectivity index (χ4v) is 3.48. The van der Waals surface area contributed by atoms with E-state index in [1.165, 1.54) is 27.7 Å². The molecule has 0 aromatic heterocycles. The fourth-order valence-electron chi connectivity index (χ4n) is 3.26. The number of halogens is 6. The van der Waals surface area contributed by atoms with Gasteiger partial charge in [-0.2, -0.15) is 0 Å². The second kappa shape index (κ2) is 10.6. The third kappa shape index (κ3) is 4.96. The Bertz CT molecular complexity index is 1060. The highest BCUT2D eigenvalue weighted by Crippen LogP contribution is 2.34. The molecule has 12 heteroatoms. The van der Waals surface area contributed by atoms with Crippen LogP contribution in [-0.4, -0.2) is 25.2 Å². The smallest absolute Gasteiger partial charge is 0.341 e. The van der Waals surface area contributed by atoms with E-state index in [2.05, 4.69) is 12.6 Å². The van der Waals surface area contributed by atoms with Gasteiger partial charge in [0.15, 0.2) is 29.1 Å². The number of ether oxygens (including phenoxy) is 2. The van der Waals surface area contributed by atoms with Crippen molar-refractivity contribution in [3.8, 4) is 0 Å². The molecule has 0 saturated heterocycles. The van der Waals surface area contributed by atoms with Crippen molar-refractivity contribution in [2.24, 2.45) is 0 Å². The highest BCUT2D eigenvalue weighted by atomic mass is 32.1. The van der Waals surface area contributed by atoms with Gasteiger partial charge in [-0.1, -0.05) is 27.7 Å². The predicted octanol–water partition coefficient (Wildman–Crippen LogP) is 5.65. The lowest BCUT2D eigenvalue weighted by Crippen LogP contribution is -2.21. The molecular weight excluding hydrogens is 488 g/mol. The average molecular weight is 509 g/mol. The number of carbonyl (C=O) groups excluding carboxylic acids is 2. The SMILES string of the molecule is CC(C)c1c(F)c(N)c(F)c(F)c1C(=O)OCCOC(=O)c1c(F)c(F)c(S)c(F)c1C(C)C. The van der Waals surface area contributed by atoms with Crippen molar-refractivity contribution in [3.63, 3.8) is 0 Å². The Morgan fingerprint density at radius 1 is 0.706 bits per heavy atom. The molecule has 0 aliphatic heterocycles. The molecule has 0 aliphatic carbocycles. The summed E-state index contributed by atoms with van der Waals surface area (Å²) in [6, 6.07) is 0. The Kier molecular flexibility index (Phi) is 8.51. The van der Waals surface area contributed by atoms with Gasteiger partial charge in [-0.05, 0) is 11.8 Å². The van der Waals surface area contributed by atoms with E-state index in [9.17, 15) is 35.9 Å². The van der Waals surface area contributed by atoms with Gasteiger partial charge in [-0.25, -0.2) is 35.9 Å². The van der Waals surface area contributed by atoms with Gasteiger partial charge in [0.1, 0.15) is 35.8 Å². The first-order chi connectivity index (χ1) is 15.7. The maximum Gasteiger partial charge on any atom is 0.341 e. The second-order valence-corrected chi connectivity index (χ2v) is 8.25. The fraction of sp³-hybridized carbons (Fsp3) is 0.364. The summed E-state index contributed by atoms with van der Waals surface area (Å²) >= 11 is 3.56. The highest BCUT2D eigenvalue weighted by Gasteiger charge is 2.31. The van der Waals surface area contributed by atoms with Crippen LogP contribution in [0.5, 0.6) is 0 Å². The van der Waals surface area contributed by atoms with Crippen LogP contribution in [0.1, 0.15) is 71.4 Å². The normalized spacial score (nSPS) is 11.3. The van der Waals surface area contributed by atoms with Crippen LogP contribution < -0.4 is 5.73 Å². The Balaban J connectivity index is 2.21. The summed E-state index contributed by atoms with van der Waals surface area (Å²) in [4.78, 5) is 23.7. The molecule has 5 nitrogen and oxygen atoms in total. The monoisotopic (exact) mass is 509 g/mol. The van der Waals surface area contributed by atoms with E-state index in [1.54, 1.807) is 0 Å². The van der Waals surface area contributed by atoms with Crippen molar-refractivity contribution in [2.45, 2.75) is 44.4 Å². The molecule has 186 valence electrons. The average Bonchev–Trinajstić information content (AvgIpc) is 2.77. The third-order valence-corrected chi connectivity index (χ3v) is 5.23. The van der Waals surface area contributed by atoms with E-state index in [-0.39, 0.29) is 0 Å². The zero-order valence-electron chi connectivity index (χ0n) is 18.5. The van der Waals surface area contributed by atoms with Gasteiger partial charge in [0.05, 0.1) is 4.90 Å². The maximum atomic E-state index is 14.4. The van der Waals surface area contributed by atoms with Crippen LogP contribution in [0.15, 0.2) is 4.90 Å². The molecule has 0 saturated carbocycles. The van der Waals surface area contributed by atoms with Crippen LogP contribution in [-0.2, 0) is 9.47 Å². The summed E-state index contributed by atoms with van der Waals surface area (Å²) in [5.74, 6) is -13.9. The molecule has 0 atom stereocenters. The van der Waals surface area contributed by atoms with Crippen molar-refractivity contribution in [1.29, 1.82) is 0 Å². The first-order valence-electron chi connectivity index (χ1n) is 9.93. The Morgan fingerprint density at radius 3 is 1.50 bits per heavy atom. The number of hydrogen-bond acceptors (Lipinski definition) is 6. The number of nitrogens with two attached hydrogens (primary N) is 1. The molecule has 2 rings (SSSR count). The van der Waals surface area contributed by atoms with E-state index in [4.69, 9.17) is 15.2 Å². The van der Waals surface area contributed by atoms with Crippen molar-refractivity contribution >= 4 is 30.3 Å². The molecular formula is C22H21F6NO4S. The summed E-state index contributed by atoms with van der Waals surface area (Å²) in [5, 5.41) is 0. The first kappa shape index (κ1) is 27.4. The topological polar surface area (TPSA) is 78.6 Å². The molecule has 0 fully saturated rings. The zero-order valence-corrected chi connectivity index (χ0v) is 19.4. The van der Waals surface area contributed by atoms with Crippen LogP contribution in [0.2, 0.25) is 0 Å². The van der Waals surface area contributed by atoms with Crippen LogP contribution in [0, 0.1) is 34.9 Å². The van der Waals surface area contributed by atoms with E-state index < -0.39 is 105 Å². The summed E-state index contributed by atoms with van der Waals surface area (Å²) < 4.78 is 94.6. The summed E-state index contributed by atoms with van der Waals surface area (Å²) in [5.41, 5.74) is 1.09. The van der Waals surface area contributed by atoms with Crippen LogP contribution >= 0.6 is 12.6 Å². The molecule has 34 heavy (non-hydrogen) atoms. The molecule has 0 heterocycles. The molecule has 2 aromatic rings. The van der Waals surface area contributed by atoms with E-state index in [0.29, 0.717) is 0 Å². The molecule has 2 N–H and O–H groups in total. The minimum atomic E-state index is -1.77. The highest BCUT2D eigenvalue weighted by molar-refractivity contribution is 7.80. The second-order valence-electron chi connectivity index (χ2n) is 7.80. The van der Waals surface area contributed by atoms with Crippen molar-refractivity contribution in [2.75, 3.05) is 18.9 Å². The van der Waals surface area contributed by atoms with Crippen LogP contribution in [0.3, 0.4) is 0 Å². The first-order valence-corrected chi connectivity index (χ1v) is 10.4. The zero-order chi connectivity index (χ0) is 26.1. The lowest BCUT2D eigenvalue weighted by molar-refractivity contribution is 0.0256. The Labute approximate surface area is 196 Å². The van der Waals surface area contributed by atoms with Gasteiger partial charge in [0, 0.05) is 11.1 Å². The summed E-state index contributed by atoms with van der Waals surface area (Å²) in [6.45, 7) is 4.17. The van der Waals surface area contributed by atoms with Gasteiger partial charge in [0.25, 0.3) is 0 Å². The van der Waals surface area contributed by atoms with E-state index >= 15 is 0 Å². The molecule has 0 aliphatic rings. The number of benzene rings is 2. The van der Waals surface area contributed by atoms with Gasteiger partial charge < -0.3 is 15.2 Å². The Hall–Kier alpha value is -2.89. The standard InChI is InChI=1S/C22H21F6NO4S/c1-7(2)9-11(13(23)17(27)19(29)15(9)25)21(30)32-5-6-33-22(31)12-10(8(3)4)16(26)20(34)18(28)14(12)24/h7-8,34H,5-6,29H2,1-4H3. The quantitative estimate of drug-likeness (QED) is 0.126. The summed E-state index contributed by atoms with van der Waals surface area (Å²) in [7, 11) is 0. The van der Waals surface area contributed by atoms with Gasteiger partial charge in [-0.15, -0.1) is 12.6 Å². The number of anilines is 1. The van der Waals surface area contributed by atoms with Gasteiger partial charge in [0.2, 0.25) is 0 Å². The largest absolute Gasteiger partial charge is 0.458 e. The molecule has 0 radical (unpaired) electrons. The molecule has 0 amide bonds. The van der Waals surface area contributed by atoms with Gasteiger partial charge in [-0.3, -0.25) is 0 Å². The molecule has 0 unspecified atom stereocenters. The number of thiol groups is 1. The van der Waals surface area contributed by atoms with Gasteiger partial charge >= 0.3 is 11.9 Å². The predicted molar refractivity (Wildman–Crippen MR) is 113 cm³/mol. The lowest BCUT2D eigenvalue weighted by atomic mass is 9.95. The Morgan fingerprint density at radius 2 is 1.09 bits per heavy atom. The number of esters is 2. The third-order valence-electron chi connectivity index (χ3n) is 4.84. The number of nitrogen functional groups attached to an aromatic ring is 1.